The first-order valence-corrected chi connectivity index (χ1v) is 5.74. The van der Waals surface area contributed by atoms with Gasteiger partial charge in [-0.05, 0) is 11.6 Å². The predicted molar refractivity (Wildman–Crippen MR) is 68.5 cm³/mol. The molecular formula is C13H20N4+2. The van der Waals surface area contributed by atoms with E-state index in [0.29, 0.717) is 0 Å². The maximum Gasteiger partial charge on any atom is 0.265 e. The second kappa shape index (κ2) is 4.30. The first kappa shape index (κ1) is 11.8. The minimum absolute atomic E-state index is 0.839. The van der Waals surface area contributed by atoms with E-state index in [0.717, 1.165) is 11.0 Å². The molecule has 0 saturated carbocycles. The van der Waals surface area contributed by atoms with E-state index < -0.39 is 0 Å². The van der Waals surface area contributed by atoms with Crippen LogP contribution in [0, 0.1) is 0 Å². The number of hydrogen-bond donors (Lipinski definition) is 0. The Morgan fingerprint density at radius 3 is 2.65 bits per heavy atom. The number of quaternary nitrogens is 1. The molecule has 0 unspecified atom stereocenters. The van der Waals surface area contributed by atoms with Crippen molar-refractivity contribution >= 4 is 5.69 Å². The molecule has 0 fully saturated rings. The van der Waals surface area contributed by atoms with Gasteiger partial charge in [0.1, 0.15) is 5.69 Å². The zero-order valence-electron chi connectivity index (χ0n) is 11.0. The van der Waals surface area contributed by atoms with Crippen LogP contribution in [0.1, 0.15) is 5.56 Å². The van der Waals surface area contributed by atoms with Gasteiger partial charge in [-0.2, -0.15) is 0 Å². The van der Waals surface area contributed by atoms with Crippen LogP contribution in [0.5, 0.6) is 0 Å². The molecule has 0 atom stereocenters. The Morgan fingerprint density at radius 1 is 1.29 bits per heavy atom. The van der Waals surface area contributed by atoms with Crippen LogP contribution < -0.4 is 9.05 Å². The zero-order chi connectivity index (χ0) is 12.5. The summed E-state index contributed by atoms with van der Waals surface area (Å²) in [6.45, 7) is 0.863. The Hall–Kier alpha value is -1.68. The fourth-order valence-electron chi connectivity index (χ4n) is 1.79. The molecule has 2 aromatic rings. The second-order valence-electron chi connectivity index (χ2n) is 5.27. The van der Waals surface area contributed by atoms with Gasteiger partial charge >= 0.3 is 0 Å². The Kier molecular flexibility index (Phi) is 2.98. The maximum absolute atomic E-state index is 4.16. The van der Waals surface area contributed by atoms with E-state index in [1.807, 2.05) is 24.4 Å². The van der Waals surface area contributed by atoms with Crippen LogP contribution in [-0.4, -0.2) is 30.9 Å². The van der Waals surface area contributed by atoms with E-state index in [4.69, 9.17) is 0 Å². The van der Waals surface area contributed by atoms with Gasteiger partial charge in [-0.3, -0.25) is 4.48 Å². The third-order valence-electron chi connectivity index (χ3n) is 2.75. The first-order valence-electron chi connectivity index (χ1n) is 5.74. The quantitative estimate of drug-likeness (QED) is 0.570. The Bertz CT molecular complexity index is 508. The van der Waals surface area contributed by atoms with Crippen LogP contribution in [0.25, 0.3) is 0 Å². The van der Waals surface area contributed by atoms with Crippen LogP contribution in [-0.2, 0) is 13.6 Å². The largest absolute Gasteiger partial charge is 0.298 e. The molecule has 1 aromatic heterocycles. The van der Waals surface area contributed by atoms with Crippen molar-refractivity contribution in [3.8, 4) is 0 Å². The van der Waals surface area contributed by atoms with Crippen molar-refractivity contribution in [2.45, 2.75) is 6.54 Å². The van der Waals surface area contributed by atoms with Gasteiger partial charge in [0.25, 0.3) is 6.33 Å². The minimum Gasteiger partial charge on any atom is -0.298 e. The van der Waals surface area contributed by atoms with Crippen LogP contribution in [0.15, 0.2) is 36.9 Å². The number of nitrogens with zero attached hydrogens (tertiary/aromatic N) is 4. The van der Waals surface area contributed by atoms with E-state index in [2.05, 4.69) is 55.1 Å². The summed E-state index contributed by atoms with van der Waals surface area (Å²) < 4.78 is 4.73. The Labute approximate surface area is 102 Å². The Balaban J connectivity index is 2.22. The van der Waals surface area contributed by atoms with Gasteiger partial charge in [0.15, 0.2) is 0 Å². The number of benzene rings is 1. The van der Waals surface area contributed by atoms with E-state index in [9.17, 15) is 0 Å². The van der Waals surface area contributed by atoms with Crippen LogP contribution in [0.2, 0.25) is 0 Å². The predicted octanol–water partition coefficient (Wildman–Crippen LogP) is 0.953. The summed E-state index contributed by atoms with van der Waals surface area (Å²) in [5, 5.41) is 4.16. The normalized spacial score (nSPS) is 11.8. The van der Waals surface area contributed by atoms with Crippen molar-refractivity contribution in [1.82, 2.24) is 14.3 Å². The summed E-state index contributed by atoms with van der Waals surface area (Å²) in [7, 11) is 8.46. The number of rotatable bonds is 3. The molecule has 0 aliphatic heterocycles. The lowest BCUT2D eigenvalue weighted by molar-refractivity contribution is -0.689. The molecule has 0 saturated heterocycles. The van der Waals surface area contributed by atoms with Gasteiger partial charge in [0, 0.05) is 11.2 Å². The lowest BCUT2D eigenvalue weighted by atomic mass is 10.2. The summed E-state index contributed by atoms with van der Waals surface area (Å²) in [6, 6.07) is 8.68. The summed E-state index contributed by atoms with van der Waals surface area (Å²) in [4.78, 5) is 0. The van der Waals surface area contributed by atoms with Crippen molar-refractivity contribution < 1.29 is 4.57 Å². The highest BCUT2D eigenvalue weighted by Crippen LogP contribution is 2.17. The molecule has 0 bridgehead atoms. The van der Waals surface area contributed by atoms with Gasteiger partial charge in [0.05, 0.1) is 34.7 Å². The molecule has 1 heterocycles. The highest BCUT2D eigenvalue weighted by atomic mass is 15.3. The molecule has 0 aliphatic rings. The van der Waals surface area contributed by atoms with Crippen molar-refractivity contribution in [3.05, 3.63) is 42.5 Å². The topological polar surface area (TPSA) is 21.7 Å². The smallest absolute Gasteiger partial charge is 0.265 e. The van der Waals surface area contributed by atoms with E-state index in [-0.39, 0.29) is 0 Å². The summed E-state index contributed by atoms with van der Waals surface area (Å²) in [6.07, 6.45) is 3.83. The molecule has 1 aromatic carbocycles. The molecular weight excluding hydrogens is 212 g/mol. The fraction of sp³-hybridized carbons (Fsp3) is 0.385. The van der Waals surface area contributed by atoms with E-state index >= 15 is 0 Å². The zero-order valence-corrected chi connectivity index (χ0v) is 11.0. The molecule has 90 valence electrons. The molecule has 4 nitrogen and oxygen atoms in total. The number of hydrogen-bond acceptors (Lipinski definition) is 1. The molecule has 0 spiro atoms. The van der Waals surface area contributed by atoms with Gasteiger partial charge in [-0.1, -0.05) is 12.1 Å². The van der Waals surface area contributed by atoms with Crippen LogP contribution in [0.4, 0.5) is 5.69 Å². The third kappa shape index (κ3) is 2.91. The summed E-state index contributed by atoms with van der Waals surface area (Å²) >= 11 is 0. The van der Waals surface area contributed by atoms with Gasteiger partial charge in [-0.25, -0.2) is 4.57 Å². The maximum atomic E-state index is 4.16. The molecule has 2 rings (SSSR count). The SMILES string of the molecule is Cn1c[n+](Cc2cccc([N+](C)(C)C)c2)cn1. The van der Waals surface area contributed by atoms with Crippen LogP contribution in [0.3, 0.4) is 0 Å². The first-order chi connectivity index (χ1) is 7.95. The minimum atomic E-state index is 0.839. The standard InChI is InChI=1S/C13H20N4/c1-15-11-16(10-14-15)9-12-6-5-7-13(8-12)17(2,3)4/h5-8,10-11H,9H2,1-4H3/q+2. The second-order valence-corrected chi connectivity index (χ2v) is 5.27. The molecule has 4 heteroatoms. The Morgan fingerprint density at radius 2 is 2.06 bits per heavy atom. The molecule has 17 heavy (non-hydrogen) atoms. The molecule has 0 radical (unpaired) electrons. The third-order valence-corrected chi connectivity index (χ3v) is 2.75. The van der Waals surface area contributed by atoms with Gasteiger partial charge < -0.3 is 0 Å². The van der Waals surface area contributed by atoms with Crippen molar-refractivity contribution in [2.75, 3.05) is 21.1 Å². The average molecular weight is 232 g/mol. The fourth-order valence-corrected chi connectivity index (χ4v) is 1.79. The van der Waals surface area contributed by atoms with Crippen molar-refractivity contribution in [3.63, 3.8) is 0 Å². The highest BCUT2D eigenvalue weighted by Gasteiger charge is 2.12. The molecule has 0 N–H and O–H groups in total. The van der Waals surface area contributed by atoms with Crippen molar-refractivity contribution in [1.29, 1.82) is 0 Å². The molecule has 0 aliphatic carbocycles. The lowest BCUT2D eigenvalue weighted by Gasteiger charge is -2.23. The van der Waals surface area contributed by atoms with Crippen LogP contribution >= 0.6 is 0 Å². The monoisotopic (exact) mass is 232 g/mol. The lowest BCUT2D eigenvalue weighted by Crippen LogP contribution is -2.35. The average Bonchev–Trinajstić information content (AvgIpc) is 2.63. The highest BCUT2D eigenvalue weighted by molar-refractivity contribution is 5.43. The van der Waals surface area contributed by atoms with E-state index in [1.54, 1.807) is 0 Å². The van der Waals surface area contributed by atoms with Crippen molar-refractivity contribution in [2.24, 2.45) is 7.05 Å². The van der Waals surface area contributed by atoms with Gasteiger partial charge in [0.2, 0.25) is 6.33 Å². The number of aryl methyl sites for hydroxylation is 1. The number of aromatic nitrogens is 3. The summed E-state index contributed by atoms with van der Waals surface area (Å²) in [5.74, 6) is 0. The molecule has 0 amide bonds. The summed E-state index contributed by atoms with van der Waals surface area (Å²) in [5.41, 5.74) is 2.61. The van der Waals surface area contributed by atoms with E-state index in [1.165, 1.54) is 11.3 Å². The van der Waals surface area contributed by atoms with Gasteiger partial charge in [-0.15, -0.1) is 4.68 Å².